The van der Waals surface area contributed by atoms with Crippen LogP contribution in [0.1, 0.15) is 23.7 Å². The molecule has 1 amide bonds. The maximum absolute atomic E-state index is 12.0. The van der Waals surface area contributed by atoms with Crippen molar-refractivity contribution >= 4 is 40.6 Å². The first-order chi connectivity index (χ1) is 9.90. The van der Waals surface area contributed by atoms with Gasteiger partial charge in [-0.25, -0.2) is 0 Å². The second-order valence-electron chi connectivity index (χ2n) is 4.45. The lowest BCUT2D eigenvalue weighted by molar-refractivity contribution is -0.383. The second-order valence-corrected chi connectivity index (χ2v) is 6.13. The number of benzene rings is 1. The number of anilines is 1. The molecule has 1 atom stereocenters. The Morgan fingerprint density at radius 1 is 1.52 bits per heavy atom. The van der Waals surface area contributed by atoms with Crippen LogP contribution < -0.4 is 10.6 Å². The van der Waals surface area contributed by atoms with Gasteiger partial charge in [-0.1, -0.05) is 18.5 Å². The van der Waals surface area contributed by atoms with Crippen LogP contribution in [0.3, 0.4) is 0 Å². The van der Waals surface area contributed by atoms with Crippen molar-refractivity contribution in [2.24, 2.45) is 0 Å². The largest absolute Gasteiger partial charge is 0.381 e. The molecule has 21 heavy (non-hydrogen) atoms. The Balaban J connectivity index is 2.88. The number of nitro groups is 1. The van der Waals surface area contributed by atoms with Crippen LogP contribution >= 0.6 is 23.4 Å². The third kappa shape index (κ3) is 4.78. The van der Waals surface area contributed by atoms with Crippen molar-refractivity contribution in [1.29, 1.82) is 0 Å². The SMILES string of the molecule is CNc1c(Cl)cc(C(=O)NCCC(C)SC)cc1[N+](=O)[O-]. The number of carbonyl (C=O) groups excluding carboxylic acids is 1. The zero-order valence-corrected chi connectivity index (χ0v) is 13.7. The van der Waals surface area contributed by atoms with E-state index in [0.717, 1.165) is 6.42 Å². The third-order valence-electron chi connectivity index (χ3n) is 3.02. The number of hydrogen-bond donors (Lipinski definition) is 2. The second kappa shape index (κ2) is 8.09. The average Bonchev–Trinajstić information content (AvgIpc) is 2.45. The van der Waals surface area contributed by atoms with E-state index in [0.29, 0.717) is 11.8 Å². The van der Waals surface area contributed by atoms with Gasteiger partial charge in [0.25, 0.3) is 11.6 Å². The Kier molecular flexibility index (Phi) is 6.77. The Morgan fingerprint density at radius 2 is 2.19 bits per heavy atom. The van der Waals surface area contributed by atoms with E-state index < -0.39 is 4.92 Å². The lowest BCUT2D eigenvalue weighted by Gasteiger charge is -2.10. The molecule has 8 heteroatoms. The summed E-state index contributed by atoms with van der Waals surface area (Å²) in [5, 5.41) is 17.0. The smallest absolute Gasteiger partial charge is 0.294 e. The van der Waals surface area contributed by atoms with Crippen LogP contribution in [0.2, 0.25) is 5.02 Å². The summed E-state index contributed by atoms with van der Waals surface area (Å²) in [4.78, 5) is 22.5. The number of nitrogens with one attached hydrogen (secondary N) is 2. The molecule has 116 valence electrons. The number of hydrogen-bond acceptors (Lipinski definition) is 5. The molecule has 0 aromatic heterocycles. The van der Waals surface area contributed by atoms with Crippen LogP contribution in [0.4, 0.5) is 11.4 Å². The van der Waals surface area contributed by atoms with Crippen LogP contribution in [0.5, 0.6) is 0 Å². The first-order valence-corrected chi connectivity index (χ1v) is 8.04. The van der Waals surface area contributed by atoms with E-state index in [-0.39, 0.29) is 27.9 Å². The van der Waals surface area contributed by atoms with E-state index in [9.17, 15) is 14.9 Å². The fraction of sp³-hybridized carbons (Fsp3) is 0.462. The lowest BCUT2D eigenvalue weighted by atomic mass is 10.1. The average molecular weight is 332 g/mol. The summed E-state index contributed by atoms with van der Waals surface area (Å²) in [7, 11) is 1.54. The molecule has 0 aliphatic carbocycles. The number of amides is 1. The summed E-state index contributed by atoms with van der Waals surface area (Å²) in [6, 6.07) is 2.65. The van der Waals surface area contributed by atoms with Gasteiger partial charge >= 0.3 is 0 Å². The molecule has 0 saturated carbocycles. The predicted octanol–water partition coefficient (Wildman–Crippen LogP) is 3.16. The Morgan fingerprint density at radius 3 is 2.71 bits per heavy atom. The van der Waals surface area contributed by atoms with Gasteiger partial charge in [-0.3, -0.25) is 14.9 Å². The monoisotopic (exact) mass is 331 g/mol. The number of carbonyl (C=O) groups is 1. The van der Waals surface area contributed by atoms with E-state index >= 15 is 0 Å². The highest BCUT2D eigenvalue weighted by atomic mass is 35.5. The van der Waals surface area contributed by atoms with Gasteiger partial charge in [-0.2, -0.15) is 11.8 Å². The molecule has 1 rings (SSSR count). The van der Waals surface area contributed by atoms with Crippen molar-refractivity contribution in [3.63, 3.8) is 0 Å². The maximum atomic E-state index is 12.0. The number of nitro benzene ring substituents is 1. The van der Waals surface area contributed by atoms with Crippen LogP contribution in [0.25, 0.3) is 0 Å². The molecular weight excluding hydrogens is 314 g/mol. The highest BCUT2D eigenvalue weighted by Gasteiger charge is 2.20. The van der Waals surface area contributed by atoms with Gasteiger partial charge in [0.15, 0.2) is 0 Å². The fourth-order valence-corrected chi connectivity index (χ4v) is 2.39. The minimum Gasteiger partial charge on any atom is -0.381 e. The van der Waals surface area contributed by atoms with E-state index in [4.69, 9.17) is 11.6 Å². The first kappa shape index (κ1) is 17.6. The lowest BCUT2D eigenvalue weighted by Crippen LogP contribution is -2.26. The molecule has 0 saturated heterocycles. The molecule has 0 bridgehead atoms. The quantitative estimate of drug-likeness (QED) is 0.592. The van der Waals surface area contributed by atoms with Gasteiger partial charge in [0, 0.05) is 30.5 Å². The van der Waals surface area contributed by atoms with Crippen LogP contribution in [-0.2, 0) is 0 Å². The van der Waals surface area contributed by atoms with Crippen LogP contribution in [0, 0.1) is 10.1 Å². The van der Waals surface area contributed by atoms with E-state index in [2.05, 4.69) is 17.6 Å². The van der Waals surface area contributed by atoms with Crippen molar-refractivity contribution in [3.8, 4) is 0 Å². The van der Waals surface area contributed by atoms with Crippen molar-refractivity contribution in [2.45, 2.75) is 18.6 Å². The van der Waals surface area contributed by atoms with Gasteiger partial charge in [-0.15, -0.1) is 0 Å². The normalized spacial score (nSPS) is 11.8. The van der Waals surface area contributed by atoms with Crippen LogP contribution in [0.15, 0.2) is 12.1 Å². The summed E-state index contributed by atoms with van der Waals surface area (Å²) >= 11 is 7.70. The van der Waals surface area contributed by atoms with Gasteiger partial charge in [0.05, 0.1) is 9.95 Å². The predicted molar refractivity (Wildman–Crippen MR) is 87.6 cm³/mol. The Bertz CT molecular complexity index is 540. The number of thioether (sulfide) groups is 1. The molecule has 0 aliphatic rings. The van der Waals surface area contributed by atoms with Crippen molar-refractivity contribution < 1.29 is 9.72 Å². The van der Waals surface area contributed by atoms with Crippen molar-refractivity contribution in [2.75, 3.05) is 25.2 Å². The number of halogens is 1. The van der Waals surface area contributed by atoms with Gasteiger partial charge in [0.2, 0.25) is 0 Å². The molecule has 0 fully saturated rings. The standard InChI is InChI=1S/C13H18ClN3O3S/c1-8(21-3)4-5-16-13(18)9-6-10(14)12(15-2)11(7-9)17(19)20/h6-8,15H,4-5H2,1-3H3,(H,16,18). The molecule has 1 unspecified atom stereocenters. The molecular formula is C13H18ClN3O3S. The first-order valence-electron chi connectivity index (χ1n) is 6.37. The van der Waals surface area contributed by atoms with Crippen molar-refractivity contribution in [1.82, 2.24) is 5.32 Å². The van der Waals surface area contributed by atoms with E-state index in [1.807, 2.05) is 6.26 Å². The topological polar surface area (TPSA) is 84.3 Å². The number of rotatable bonds is 7. The van der Waals surface area contributed by atoms with E-state index in [1.165, 1.54) is 19.2 Å². The summed E-state index contributed by atoms with van der Waals surface area (Å²) in [5.74, 6) is -0.365. The summed E-state index contributed by atoms with van der Waals surface area (Å²) in [6.45, 7) is 2.58. The highest BCUT2D eigenvalue weighted by Crippen LogP contribution is 2.33. The zero-order chi connectivity index (χ0) is 16.0. The molecule has 0 heterocycles. The highest BCUT2D eigenvalue weighted by molar-refractivity contribution is 7.99. The molecule has 2 N–H and O–H groups in total. The fourth-order valence-electron chi connectivity index (χ4n) is 1.72. The minimum absolute atomic E-state index is 0.148. The molecule has 0 spiro atoms. The molecule has 0 radical (unpaired) electrons. The van der Waals surface area contributed by atoms with Gasteiger partial charge < -0.3 is 10.6 Å². The molecule has 1 aromatic rings. The van der Waals surface area contributed by atoms with Crippen LogP contribution in [-0.4, -0.2) is 35.9 Å². The summed E-state index contributed by atoms with van der Waals surface area (Å²) < 4.78 is 0. The molecule has 6 nitrogen and oxygen atoms in total. The molecule has 1 aromatic carbocycles. The third-order valence-corrected chi connectivity index (χ3v) is 4.36. The molecule has 0 aliphatic heterocycles. The number of nitrogens with zero attached hydrogens (tertiary/aromatic N) is 1. The maximum Gasteiger partial charge on any atom is 0.294 e. The zero-order valence-electron chi connectivity index (χ0n) is 12.1. The van der Waals surface area contributed by atoms with Gasteiger partial charge in [-0.05, 0) is 18.7 Å². The summed E-state index contributed by atoms with van der Waals surface area (Å²) in [6.07, 6.45) is 2.84. The van der Waals surface area contributed by atoms with E-state index in [1.54, 1.807) is 11.8 Å². The summed E-state index contributed by atoms with van der Waals surface area (Å²) in [5.41, 5.74) is 0.171. The van der Waals surface area contributed by atoms with Crippen molar-refractivity contribution in [3.05, 3.63) is 32.8 Å². The van der Waals surface area contributed by atoms with Gasteiger partial charge in [0.1, 0.15) is 5.69 Å². The Labute approximate surface area is 132 Å². The minimum atomic E-state index is -0.565. The Hall–Kier alpha value is -1.47.